The summed E-state index contributed by atoms with van der Waals surface area (Å²) in [6.45, 7) is 4.47. The molecule has 0 N–H and O–H groups in total. The number of benzene rings is 1. The zero-order valence-electron chi connectivity index (χ0n) is 18.4. The molecule has 4 aromatic heterocycles. The van der Waals surface area contributed by atoms with Crippen molar-refractivity contribution in [2.75, 3.05) is 0 Å². The van der Waals surface area contributed by atoms with Crippen LogP contribution in [0.1, 0.15) is 37.2 Å². The Morgan fingerprint density at radius 3 is 2.91 bits per heavy atom. The largest absolute Gasteiger partial charge is 0.484 e. The molecule has 0 aliphatic carbocycles. The van der Waals surface area contributed by atoms with Crippen LogP contribution in [0.25, 0.3) is 28.6 Å². The smallest absolute Gasteiger partial charge is 0.229 e. The number of ether oxygens (including phenoxy) is 1. The van der Waals surface area contributed by atoms with Crippen LogP contribution in [-0.4, -0.2) is 39.4 Å². The minimum atomic E-state index is -0.370. The lowest BCUT2D eigenvalue weighted by atomic mass is 10.1. The second-order valence-electron chi connectivity index (χ2n) is 8.19. The van der Waals surface area contributed by atoms with Gasteiger partial charge in [-0.05, 0) is 30.3 Å². The molecular formula is C23H19FN8O2. The van der Waals surface area contributed by atoms with E-state index in [9.17, 15) is 4.39 Å². The van der Waals surface area contributed by atoms with Gasteiger partial charge in [-0.1, -0.05) is 19.0 Å². The average molecular weight is 458 g/mol. The van der Waals surface area contributed by atoms with Gasteiger partial charge in [0.2, 0.25) is 11.7 Å². The molecule has 0 fully saturated rings. The number of aromatic nitrogens is 8. The summed E-state index contributed by atoms with van der Waals surface area (Å²) in [7, 11) is 0. The molecule has 34 heavy (non-hydrogen) atoms. The minimum absolute atomic E-state index is 0.0897. The summed E-state index contributed by atoms with van der Waals surface area (Å²) < 4.78 is 29.3. The van der Waals surface area contributed by atoms with Gasteiger partial charge in [-0.3, -0.25) is 9.55 Å². The van der Waals surface area contributed by atoms with Gasteiger partial charge in [-0.15, -0.1) is 10.2 Å². The van der Waals surface area contributed by atoms with Crippen molar-refractivity contribution in [3.8, 4) is 34.3 Å². The molecule has 170 valence electrons. The van der Waals surface area contributed by atoms with E-state index in [1.165, 1.54) is 12.1 Å². The Morgan fingerprint density at radius 1 is 1.21 bits per heavy atom. The van der Waals surface area contributed by atoms with E-state index in [1.807, 2.05) is 29.0 Å². The highest BCUT2D eigenvalue weighted by Crippen LogP contribution is 2.35. The molecule has 0 atom stereocenters. The molecule has 0 spiro atoms. The molecule has 5 heterocycles. The predicted molar refractivity (Wildman–Crippen MR) is 118 cm³/mol. The number of fused-ring (bicyclic) bond motifs is 5. The lowest BCUT2D eigenvalue weighted by Crippen LogP contribution is -2.10. The van der Waals surface area contributed by atoms with Crippen molar-refractivity contribution in [2.45, 2.75) is 32.9 Å². The molecule has 11 heteroatoms. The molecule has 0 bridgehead atoms. The summed E-state index contributed by atoms with van der Waals surface area (Å²) in [5.74, 6) is 2.36. The summed E-state index contributed by atoms with van der Waals surface area (Å²) in [6, 6.07) is 8.16. The van der Waals surface area contributed by atoms with Gasteiger partial charge in [0.15, 0.2) is 11.6 Å². The number of hydrogen-bond donors (Lipinski definition) is 0. The zero-order valence-corrected chi connectivity index (χ0v) is 18.4. The van der Waals surface area contributed by atoms with Crippen LogP contribution < -0.4 is 4.74 Å². The molecule has 0 saturated carbocycles. The Balaban J connectivity index is 1.47. The maximum Gasteiger partial charge on any atom is 0.229 e. The lowest BCUT2D eigenvalue weighted by molar-refractivity contribution is 0.289. The van der Waals surface area contributed by atoms with E-state index >= 15 is 0 Å². The van der Waals surface area contributed by atoms with Crippen LogP contribution in [0.5, 0.6) is 5.75 Å². The number of hydrogen-bond acceptors (Lipinski definition) is 8. The van der Waals surface area contributed by atoms with Gasteiger partial charge < -0.3 is 13.8 Å². The van der Waals surface area contributed by atoms with Crippen molar-refractivity contribution < 1.29 is 13.7 Å². The maximum atomic E-state index is 14.3. The lowest BCUT2D eigenvalue weighted by Gasteiger charge is -2.09. The van der Waals surface area contributed by atoms with E-state index in [0.29, 0.717) is 46.9 Å². The first-order valence-electron chi connectivity index (χ1n) is 10.7. The molecular weight excluding hydrogens is 439 g/mol. The summed E-state index contributed by atoms with van der Waals surface area (Å²) in [4.78, 5) is 13.2. The average Bonchev–Trinajstić information content (AvgIpc) is 3.56. The first kappa shape index (κ1) is 20.2. The highest BCUT2D eigenvalue weighted by atomic mass is 19.1. The normalized spacial score (nSPS) is 12.2. The van der Waals surface area contributed by atoms with Crippen molar-refractivity contribution in [1.29, 1.82) is 0 Å². The fourth-order valence-corrected chi connectivity index (χ4v) is 3.92. The number of pyridine rings is 1. The SMILES string of the molecule is CC(C)c1nc(-c2ncn3c2Cn2c(COc4cccnc4)nnc2-c2cc(F)ccc2-3)no1. The highest BCUT2D eigenvalue weighted by molar-refractivity contribution is 5.71. The van der Waals surface area contributed by atoms with Crippen molar-refractivity contribution in [2.24, 2.45) is 0 Å². The van der Waals surface area contributed by atoms with Crippen LogP contribution in [-0.2, 0) is 13.2 Å². The van der Waals surface area contributed by atoms with E-state index in [0.717, 1.165) is 11.4 Å². The van der Waals surface area contributed by atoms with Crippen LogP contribution >= 0.6 is 0 Å². The molecule has 0 unspecified atom stereocenters. The fourth-order valence-electron chi connectivity index (χ4n) is 3.92. The summed E-state index contributed by atoms with van der Waals surface area (Å²) in [6.07, 6.45) is 4.98. The Morgan fingerprint density at radius 2 is 2.12 bits per heavy atom. The monoisotopic (exact) mass is 458 g/mol. The molecule has 6 rings (SSSR count). The number of imidazole rings is 1. The number of nitrogens with zero attached hydrogens (tertiary/aromatic N) is 8. The van der Waals surface area contributed by atoms with Crippen molar-refractivity contribution in [1.82, 2.24) is 39.4 Å². The standard InChI is InChI=1S/C23H19FN8O2/c1-13(2)23-27-21(30-34-23)20-18-10-31-19(11-33-15-4-3-7-25-9-15)28-29-22(31)16-8-14(24)5-6-17(16)32(18)12-26-20/h3-9,12-13H,10-11H2,1-2H3. The first-order valence-corrected chi connectivity index (χ1v) is 10.7. The molecule has 0 saturated heterocycles. The Hall–Kier alpha value is -4.41. The molecule has 5 aromatic rings. The van der Waals surface area contributed by atoms with Gasteiger partial charge in [0.05, 0.1) is 24.1 Å². The molecule has 10 nitrogen and oxygen atoms in total. The molecule has 1 aliphatic heterocycles. The molecule has 1 aromatic carbocycles. The number of halogens is 1. The van der Waals surface area contributed by atoms with Gasteiger partial charge in [-0.25, -0.2) is 9.37 Å². The van der Waals surface area contributed by atoms with E-state index in [-0.39, 0.29) is 18.3 Å². The van der Waals surface area contributed by atoms with Crippen molar-refractivity contribution in [3.63, 3.8) is 0 Å². The van der Waals surface area contributed by atoms with E-state index in [1.54, 1.807) is 30.9 Å². The summed E-state index contributed by atoms with van der Waals surface area (Å²) in [5, 5.41) is 12.8. The van der Waals surface area contributed by atoms with Gasteiger partial charge in [0.25, 0.3) is 0 Å². The summed E-state index contributed by atoms with van der Waals surface area (Å²) in [5.41, 5.74) is 2.70. The summed E-state index contributed by atoms with van der Waals surface area (Å²) >= 11 is 0. The molecule has 0 amide bonds. The maximum absolute atomic E-state index is 14.3. The zero-order chi connectivity index (χ0) is 23.2. The van der Waals surface area contributed by atoms with Gasteiger partial charge in [0, 0.05) is 17.7 Å². The second-order valence-corrected chi connectivity index (χ2v) is 8.19. The predicted octanol–water partition coefficient (Wildman–Crippen LogP) is 3.78. The van der Waals surface area contributed by atoms with Gasteiger partial charge in [-0.2, -0.15) is 4.98 Å². The van der Waals surface area contributed by atoms with Crippen molar-refractivity contribution >= 4 is 0 Å². The Labute approximate surface area is 193 Å². The van der Waals surface area contributed by atoms with Crippen LogP contribution in [0.3, 0.4) is 0 Å². The second kappa shape index (κ2) is 7.87. The van der Waals surface area contributed by atoms with E-state index < -0.39 is 0 Å². The van der Waals surface area contributed by atoms with Crippen LogP contribution in [0.15, 0.2) is 53.6 Å². The van der Waals surface area contributed by atoms with Gasteiger partial charge in [0.1, 0.15) is 30.2 Å². The Bertz CT molecular complexity index is 1490. The third-order valence-electron chi connectivity index (χ3n) is 5.61. The third-order valence-corrected chi connectivity index (χ3v) is 5.61. The van der Waals surface area contributed by atoms with Crippen LogP contribution in [0.2, 0.25) is 0 Å². The van der Waals surface area contributed by atoms with E-state index in [4.69, 9.17) is 9.26 Å². The van der Waals surface area contributed by atoms with Crippen LogP contribution in [0, 0.1) is 5.82 Å². The molecule has 0 radical (unpaired) electrons. The minimum Gasteiger partial charge on any atom is -0.484 e. The third kappa shape index (κ3) is 3.33. The topological polar surface area (TPSA) is 110 Å². The molecule has 1 aliphatic rings. The Kier molecular flexibility index (Phi) is 4.68. The fraction of sp³-hybridized carbons (Fsp3) is 0.217. The highest BCUT2D eigenvalue weighted by Gasteiger charge is 2.28. The van der Waals surface area contributed by atoms with Crippen molar-refractivity contribution in [3.05, 3.63) is 72.3 Å². The van der Waals surface area contributed by atoms with Crippen LogP contribution in [0.4, 0.5) is 4.39 Å². The quantitative estimate of drug-likeness (QED) is 0.384. The first-order chi connectivity index (χ1) is 16.6. The van der Waals surface area contributed by atoms with E-state index in [2.05, 4.69) is 30.3 Å². The van der Waals surface area contributed by atoms with Gasteiger partial charge >= 0.3 is 0 Å². The number of rotatable bonds is 5.